The molecule has 0 bridgehead atoms. The number of ether oxygens (including phenoxy) is 2. The van der Waals surface area contributed by atoms with Crippen LogP contribution >= 0.6 is 0 Å². The molecule has 4 aromatic carbocycles. The first-order valence-corrected chi connectivity index (χ1v) is 17.2. The Balaban J connectivity index is 1.43. The third-order valence-corrected chi connectivity index (χ3v) is 10.1. The number of hydrogen-bond donors (Lipinski definition) is 1. The molecular weight excluding hydrogens is 614 g/mol. The van der Waals surface area contributed by atoms with E-state index in [2.05, 4.69) is 5.32 Å². The molecule has 1 heterocycles. The Kier molecular flexibility index (Phi) is 11.4. The van der Waals surface area contributed by atoms with E-state index in [9.17, 15) is 18.0 Å². The smallest absolute Gasteiger partial charge is 0.342 e. The summed E-state index contributed by atoms with van der Waals surface area (Å²) in [5.74, 6) is -0.449. The van der Waals surface area contributed by atoms with Crippen LogP contribution in [0.15, 0.2) is 108 Å². The van der Waals surface area contributed by atoms with Gasteiger partial charge in [0.2, 0.25) is 15.9 Å². The molecule has 0 aliphatic carbocycles. The van der Waals surface area contributed by atoms with Crippen LogP contribution in [0, 0.1) is 12.8 Å². The zero-order valence-corrected chi connectivity index (χ0v) is 27.6. The summed E-state index contributed by atoms with van der Waals surface area (Å²) in [6.45, 7) is 3.90. The van der Waals surface area contributed by atoms with E-state index >= 15 is 0 Å². The fourth-order valence-electron chi connectivity index (χ4n) is 5.43. The molecule has 9 nitrogen and oxygen atoms in total. The molecule has 0 atom stereocenters. The maximum atomic E-state index is 14.0. The van der Waals surface area contributed by atoms with Gasteiger partial charge in [-0.3, -0.25) is 4.79 Å². The molecule has 10 heteroatoms. The number of likely N-dealkylation sites (N-methyl/N-ethyl adjacent to an activating group) is 1. The summed E-state index contributed by atoms with van der Waals surface area (Å²) in [5, 5.41) is 3.35. The average Bonchev–Trinajstić information content (AvgIpc) is 3.10. The van der Waals surface area contributed by atoms with Crippen LogP contribution in [0.2, 0.25) is 0 Å². The van der Waals surface area contributed by atoms with Gasteiger partial charge in [-0.05, 0) is 74.2 Å². The van der Waals surface area contributed by atoms with Gasteiger partial charge in [0.1, 0.15) is 24.5 Å². The lowest BCUT2D eigenvalue weighted by molar-refractivity contribution is -0.118. The van der Waals surface area contributed by atoms with Crippen molar-refractivity contribution in [2.45, 2.75) is 37.9 Å². The van der Waals surface area contributed by atoms with Crippen LogP contribution in [-0.4, -0.2) is 57.8 Å². The van der Waals surface area contributed by atoms with Gasteiger partial charge < -0.3 is 19.7 Å². The molecule has 1 saturated heterocycles. The first-order valence-electron chi connectivity index (χ1n) is 15.8. The second kappa shape index (κ2) is 15.9. The third-order valence-electron chi connectivity index (χ3n) is 8.23. The monoisotopic (exact) mass is 655 g/mol. The van der Waals surface area contributed by atoms with E-state index in [1.54, 1.807) is 47.4 Å². The zero-order valence-electron chi connectivity index (χ0n) is 26.8. The lowest BCUT2D eigenvalue weighted by atomic mass is 9.97. The van der Waals surface area contributed by atoms with Gasteiger partial charge in [-0.1, -0.05) is 78.4 Å². The second-order valence-corrected chi connectivity index (χ2v) is 13.8. The Morgan fingerprint density at radius 3 is 2.09 bits per heavy atom. The van der Waals surface area contributed by atoms with Crippen LogP contribution in [0.25, 0.3) is 0 Å². The molecule has 246 valence electrons. The average molecular weight is 656 g/mol. The maximum Gasteiger partial charge on any atom is 0.342 e. The standard InChI is InChI=1S/C37H41N3O6S/c1-28-13-16-33(17-14-28)47(43,44)39(2)25-36(41)40(24-29-19-21-38-22-20-29)32-15-18-34(37(42)46-27-31-11-7-4-8-12-31)35(23-32)45-26-30-9-5-3-6-10-30/h3-18,23,29,38H,19-22,24-27H2,1-2H3. The first kappa shape index (κ1) is 33.8. The SMILES string of the molecule is Cc1ccc(S(=O)(=O)N(C)CC(=O)N(CC2CCNCC2)c2ccc(C(=O)OCc3ccccc3)c(OCc3ccccc3)c2)cc1. The molecule has 4 aromatic rings. The van der Waals surface area contributed by atoms with Gasteiger partial charge in [0.25, 0.3) is 0 Å². The first-order chi connectivity index (χ1) is 22.7. The highest BCUT2D eigenvalue weighted by Crippen LogP contribution is 2.30. The summed E-state index contributed by atoms with van der Waals surface area (Å²) in [7, 11) is -2.49. The Morgan fingerprint density at radius 2 is 1.45 bits per heavy atom. The van der Waals surface area contributed by atoms with Crippen LogP contribution in [0.5, 0.6) is 5.75 Å². The highest BCUT2D eigenvalue weighted by atomic mass is 32.2. The quantitative estimate of drug-likeness (QED) is 0.188. The summed E-state index contributed by atoms with van der Waals surface area (Å²) in [5.41, 5.74) is 3.44. The van der Waals surface area contributed by atoms with E-state index < -0.39 is 16.0 Å². The van der Waals surface area contributed by atoms with Crippen LogP contribution in [0.4, 0.5) is 5.69 Å². The van der Waals surface area contributed by atoms with E-state index in [4.69, 9.17) is 9.47 Å². The lowest BCUT2D eigenvalue weighted by Crippen LogP contribution is -2.44. The molecule has 47 heavy (non-hydrogen) atoms. The van der Waals surface area contributed by atoms with Crippen molar-refractivity contribution < 1.29 is 27.5 Å². The number of rotatable bonds is 13. The Hall–Kier alpha value is -4.51. The molecule has 1 amide bonds. The summed E-state index contributed by atoms with van der Waals surface area (Å²) >= 11 is 0. The fraction of sp³-hybridized carbons (Fsp3) is 0.297. The number of piperidine rings is 1. The summed E-state index contributed by atoms with van der Waals surface area (Å²) in [6, 6.07) is 30.5. The molecule has 1 N–H and O–H groups in total. The van der Waals surface area contributed by atoms with Gasteiger partial charge in [0.05, 0.1) is 11.4 Å². The van der Waals surface area contributed by atoms with Crippen LogP contribution < -0.4 is 15.0 Å². The predicted molar refractivity (Wildman–Crippen MR) is 182 cm³/mol. The fourth-order valence-corrected chi connectivity index (χ4v) is 6.55. The van der Waals surface area contributed by atoms with Gasteiger partial charge in [0.15, 0.2) is 0 Å². The number of carbonyl (C=O) groups is 2. The molecular formula is C37H41N3O6S. The lowest BCUT2D eigenvalue weighted by Gasteiger charge is -2.31. The number of nitrogens with one attached hydrogen (secondary N) is 1. The van der Waals surface area contributed by atoms with Crippen LogP contribution in [0.3, 0.4) is 0 Å². The molecule has 0 aromatic heterocycles. The molecule has 1 fully saturated rings. The van der Waals surface area contributed by atoms with Crippen molar-refractivity contribution in [3.8, 4) is 5.75 Å². The van der Waals surface area contributed by atoms with Crippen LogP contribution in [0.1, 0.15) is 39.9 Å². The van der Waals surface area contributed by atoms with Crippen molar-refractivity contribution in [1.29, 1.82) is 0 Å². The largest absolute Gasteiger partial charge is 0.488 e. The van der Waals surface area contributed by atoms with Crippen molar-refractivity contribution in [2.75, 3.05) is 38.1 Å². The minimum absolute atomic E-state index is 0.0989. The number of hydrogen-bond acceptors (Lipinski definition) is 7. The molecule has 1 aliphatic rings. The summed E-state index contributed by atoms with van der Waals surface area (Å²) < 4.78 is 39.6. The number of anilines is 1. The highest BCUT2D eigenvalue weighted by molar-refractivity contribution is 7.89. The maximum absolute atomic E-state index is 14.0. The van der Waals surface area contributed by atoms with Crippen LogP contribution in [-0.2, 0) is 32.8 Å². The van der Waals surface area contributed by atoms with Gasteiger partial charge in [-0.25, -0.2) is 13.2 Å². The number of sulfonamides is 1. The van der Waals surface area contributed by atoms with Crippen molar-refractivity contribution in [3.63, 3.8) is 0 Å². The summed E-state index contributed by atoms with van der Waals surface area (Å²) in [6.07, 6.45) is 1.76. The van der Waals surface area contributed by atoms with E-state index in [-0.39, 0.29) is 47.8 Å². The second-order valence-electron chi connectivity index (χ2n) is 11.8. The van der Waals surface area contributed by atoms with E-state index in [0.717, 1.165) is 46.9 Å². The minimum atomic E-state index is -3.90. The van der Waals surface area contributed by atoms with Gasteiger partial charge in [-0.2, -0.15) is 4.31 Å². The minimum Gasteiger partial charge on any atom is -0.488 e. The molecule has 0 unspecified atom stereocenters. The van der Waals surface area contributed by atoms with Gasteiger partial charge in [-0.15, -0.1) is 0 Å². The molecule has 1 aliphatic heterocycles. The number of benzene rings is 4. The Morgan fingerprint density at radius 1 is 0.830 bits per heavy atom. The van der Waals surface area contributed by atoms with Crippen molar-refractivity contribution in [2.24, 2.45) is 5.92 Å². The molecule has 0 radical (unpaired) electrons. The highest BCUT2D eigenvalue weighted by Gasteiger charge is 2.29. The number of esters is 1. The Bertz CT molecular complexity index is 1740. The zero-order chi connectivity index (χ0) is 33.2. The van der Waals surface area contributed by atoms with E-state index in [1.807, 2.05) is 67.6 Å². The molecule has 0 spiro atoms. The third kappa shape index (κ3) is 9.06. The van der Waals surface area contributed by atoms with Crippen molar-refractivity contribution in [1.82, 2.24) is 9.62 Å². The topological polar surface area (TPSA) is 105 Å². The number of aryl methyl sites for hydroxylation is 1. The molecule has 0 saturated carbocycles. The normalized spacial score (nSPS) is 13.7. The van der Waals surface area contributed by atoms with Gasteiger partial charge >= 0.3 is 5.97 Å². The van der Waals surface area contributed by atoms with E-state index in [1.165, 1.54) is 7.05 Å². The number of carbonyl (C=O) groups excluding carboxylic acids is 2. The van der Waals surface area contributed by atoms with Crippen molar-refractivity contribution in [3.05, 3.63) is 125 Å². The number of nitrogens with zero attached hydrogens (tertiary/aromatic N) is 2. The number of amides is 1. The van der Waals surface area contributed by atoms with Gasteiger partial charge in [0, 0.05) is 25.3 Å². The van der Waals surface area contributed by atoms with Crippen molar-refractivity contribution >= 4 is 27.6 Å². The van der Waals surface area contributed by atoms with E-state index in [0.29, 0.717) is 12.2 Å². The molecule has 5 rings (SSSR count). The summed E-state index contributed by atoms with van der Waals surface area (Å²) in [4.78, 5) is 29.1. The predicted octanol–water partition coefficient (Wildman–Crippen LogP) is 5.58. The Labute approximate surface area is 277 Å².